The maximum Gasteiger partial charge on any atom is 0.265 e. The topological polar surface area (TPSA) is 94.7 Å². The molecule has 7 heteroatoms. The Kier molecular flexibility index (Phi) is 3.37. The minimum atomic E-state index is -0.244. The second kappa shape index (κ2) is 5.68. The first-order valence-corrected chi connectivity index (χ1v) is 7.94. The number of nitrogens with zero attached hydrogens (tertiary/aromatic N) is 2. The van der Waals surface area contributed by atoms with Crippen LogP contribution in [0.1, 0.15) is 15.2 Å². The van der Waals surface area contributed by atoms with Gasteiger partial charge in [-0.2, -0.15) is 5.26 Å². The van der Waals surface area contributed by atoms with Crippen LogP contribution in [0, 0.1) is 11.3 Å². The van der Waals surface area contributed by atoms with Crippen LogP contribution in [0.3, 0.4) is 0 Å². The van der Waals surface area contributed by atoms with E-state index in [9.17, 15) is 4.79 Å². The molecule has 4 rings (SSSR count). The summed E-state index contributed by atoms with van der Waals surface area (Å²) in [5, 5.41) is 13.3. The zero-order valence-electron chi connectivity index (χ0n) is 12.2. The van der Waals surface area contributed by atoms with E-state index in [0.29, 0.717) is 27.7 Å². The molecule has 0 unspecified atom stereocenters. The summed E-state index contributed by atoms with van der Waals surface area (Å²) in [4.78, 5) is 20.3. The van der Waals surface area contributed by atoms with Crippen molar-refractivity contribution < 1.29 is 9.21 Å². The number of hydrogen-bond donors (Lipinski definition) is 2. The van der Waals surface area contributed by atoms with Gasteiger partial charge in [-0.05, 0) is 36.4 Å². The van der Waals surface area contributed by atoms with Gasteiger partial charge < -0.3 is 14.7 Å². The first kappa shape index (κ1) is 14.2. The molecule has 0 saturated heterocycles. The van der Waals surface area contributed by atoms with Crippen LogP contribution in [-0.2, 0) is 0 Å². The van der Waals surface area contributed by atoms with Crippen LogP contribution in [0.25, 0.3) is 22.6 Å². The number of aromatic nitrogens is 2. The first-order chi connectivity index (χ1) is 11.7. The Morgan fingerprint density at radius 1 is 1.33 bits per heavy atom. The number of thiophene rings is 1. The molecule has 0 spiro atoms. The Morgan fingerprint density at radius 2 is 2.25 bits per heavy atom. The number of amides is 1. The van der Waals surface area contributed by atoms with Crippen molar-refractivity contribution in [3.63, 3.8) is 0 Å². The number of hydrogen-bond acceptors (Lipinski definition) is 5. The fraction of sp³-hybridized carbons (Fsp3) is 0. The fourth-order valence-electron chi connectivity index (χ4n) is 2.32. The van der Waals surface area contributed by atoms with E-state index in [1.54, 1.807) is 29.8 Å². The van der Waals surface area contributed by atoms with Gasteiger partial charge in [0.05, 0.1) is 27.7 Å². The van der Waals surface area contributed by atoms with Gasteiger partial charge in [-0.1, -0.05) is 0 Å². The van der Waals surface area contributed by atoms with Crippen molar-refractivity contribution in [2.24, 2.45) is 0 Å². The number of rotatable bonds is 3. The molecular formula is C17H10N4O2S. The third kappa shape index (κ3) is 2.55. The second-order valence-electron chi connectivity index (χ2n) is 5.06. The molecule has 6 nitrogen and oxygen atoms in total. The zero-order valence-corrected chi connectivity index (χ0v) is 13.1. The van der Waals surface area contributed by atoms with E-state index < -0.39 is 0 Å². The van der Waals surface area contributed by atoms with Gasteiger partial charge in [-0.25, -0.2) is 4.98 Å². The van der Waals surface area contributed by atoms with E-state index in [2.05, 4.69) is 15.3 Å². The predicted octanol–water partition coefficient (Wildman–Crippen LogP) is 4.01. The number of imidazole rings is 1. The van der Waals surface area contributed by atoms with Crippen molar-refractivity contribution in [1.29, 1.82) is 5.26 Å². The number of benzene rings is 1. The molecule has 2 N–H and O–H groups in total. The molecule has 0 aliphatic rings. The highest BCUT2D eigenvalue weighted by molar-refractivity contribution is 7.12. The molecule has 24 heavy (non-hydrogen) atoms. The summed E-state index contributed by atoms with van der Waals surface area (Å²) in [7, 11) is 0. The van der Waals surface area contributed by atoms with Crippen LogP contribution >= 0.6 is 11.3 Å². The third-order valence-corrected chi connectivity index (χ3v) is 4.38. The molecule has 0 atom stereocenters. The average Bonchev–Trinajstić information content (AvgIpc) is 3.32. The summed E-state index contributed by atoms with van der Waals surface area (Å²) >= 11 is 1.24. The van der Waals surface area contributed by atoms with E-state index >= 15 is 0 Å². The lowest BCUT2D eigenvalue weighted by Gasteiger charge is -2.03. The van der Waals surface area contributed by atoms with Crippen LogP contribution < -0.4 is 5.32 Å². The van der Waals surface area contributed by atoms with Gasteiger partial charge in [0.25, 0.3) is 5.91 Å². The maximum atomic E-state index is 12.2. The second-order valence-corrected chi connectivity index (χ2v) is 5.97. The van der Waals surface area contributed by atoms with Crippen LogP contribution in [0.5, 0.6) is 0 Å². The number of carbonyl (C=O) groups is 1. The Balaban J connectivity index is 1.60. The molecule has 0 bridgehead atoms. The van der Waals surface area contributed by atoms with E-state index in [1.807, 2.05) is 24.3 Å². The van der Waals surface area contributed by atoms with Crippen molar-refractivity contribution in [3.8, 4) is 17.7 Å². The number of H-pyrrole nitrogens is 1. The molecule has 3 aromatic heterocycles. The molecule has 0 radical (unpaired) electrons. The predicted molar refractivity (Wildman–Crippen MR) is 90.8 cm³/mol. The van der Waals surface area contributed by atoms with Crippen molar-refractivity contribution in [3.05, 3.63) is 58.5 Å². The lowest BCUT2D eigenvalue weighted by molar-refractivity contribution is 0.103. The molecule has 1 aromatic carbocycles. The lowest BCUT2D eigenvalue weighted by Crippen LogP contribution is -2.09. The van der Waals surface area contributed by atoms with Gasteiger partial charge in [0.15, 0.2) is 11.6 Å². The van der Waals surface area contributed by atoms with Crippen molar-refractivity contribution in [1.82, 2.24) is 9.97 Å². The highest BCUT2D eigenvalue weighted by Crippen LogP contribution is 2.24. The molecule has 0 fully saturated rings. The Morgan fingerprint density at radius 3 is 3.00 bits per heavy atom. The molecule has 0 saturated carbocycles. The molecule has 1 amide bonds. The number of furan rings is 1. The third-order valence-electron chi connectivity index (χ3n) is 3.45. The first-order valence-electron chi connectivity index (χ1n) is 7.06. The highest BCUT2D eigenvalue weighted by atomic mass is 32.1. The van der Waals surface area contributed by atoms with Gasteiger partial charge in [-0.3, -0.25) is 4.79 Å². The lowest BCUT2D eigenvalue weighted by atomic mass is 10.2. The summed E-state index contributed by atoms with van der Waals surface area (Å²) in [5.74, 6) is 1.04. The maximum absolute atomic E-state index is 12.2. The summed E-state index contributed by atoms with van der Waals surface area (Å²) < 4.78 is 5.33. The minimum Gasteiger partial charge on any atom is -0.461 e. The van der Waals surface area contributed by atoms with Gasteiger partial charge in [-0.15, -0.1) is 11.3 Å². The normalized spacial score (nSPS) is 10.6. The van der Waals surface area contributed by atoms with E-state index in [-0.39, 0.29) is 5.91 Å². The number of anilines is 1. The SMILES string of the molecule is N#Cc1csc(C(=O)Nc2ccc3nc(-c4ccco4)[nH]c3c2)c1. The number of aromatic amines is 1. The fourth-order valence-corrected chi connectivity index (χ4v) is 3.05. The number of nitriles is 1. The highest BCUT2D eigenvalue weighted by Gasteiger charge is 2.11. The quantitative estimate of drug-likeness (QED) is 0.592. The van der Waals surface area contributed by atoms with Crippen molar-refractivity contribution in [2.45, 2.75) is 0 Å². The largest absolute Gasteiger partial charge is 0.461 e. The number of carbonyl (C=O) groups excluding carboxylic acids is 1. The number of nitrogens with one attached hydrogen (secondary N) is 2. The smallest absolute Gasteiger partial charge is 0.265 e. The number of fused-ring (bicyclic) bond motifs is 1. The van der Waals surface area contributed by atoms with Crippen molar-refractivity contribution in [2.75, 3.05) is 5.32 Å². The Bertz CT molecular complexity index is 1070. The van der Waals surface area contributed by atoms with Crippen molar-refractivity contribution >= 4 is 34.0 Å². The minimum absolute atomic E-state index is 0.244. The van der Waals surface area contributed by atoms with Crippen LogP contribution in [-0.4, -0.2) is 15.9 Å². The van der Waals surface area contributed by atoms with Gasteiger partial charge in [0, 0.05) is 11.1 Å². The summed E-state index contributed by atoms with van der Waals surface area (Å²) in [6, 6.07) is 12.6. The van der Waals surface area contributed by atoms with Gasteiger partial charge in [0.1, 0.15) is 6.07 Å². The van der Waals surface area contributed by atoms with Crippen LogP contribution in [0.2, 0.25) is 0 Å². The average molecular weight is 334 g/mol. The van der Waals surface area contributed by atoms with Gasteiger partial charge in [0.2, 0.25) is 0 Å². The summed E-state index contributed by atoms with van der Waals surface area (Å²) in [6.07, 6.45) is 1.59. The summed E-state index contributed by atoms with van der Waals surface area (Å²) in [6.45, 7) is 0. The molecule has 0 aliphatic carbocycles. The zero-order chi connectivity index (χ0) is 16.5. The van der Waals surface area contributed by atoms with E-state index in [1.165, 1.54) is 11.3 Å². The molecule has 116 valence electrons. The molecular weight excluding hydrogens is 324 g/mol. The molecule has 3 heterocycles. The van der Waals surface area contributed by atoms with E-state index in [0.717, 1.165) is 11.0 Å². The Labute approximate surface area is 140 Å². The monoisotopic (exact) mass is 334 g/mol. The van der Waals surface area contributed by atoms with Gasteiger partial charge >= 0.3 is 0 Å². The standard InChI is InChI=1S/C17H10N4O2S/c18-8-10-6-15(24-9-10)17(22)19-11-3-4-12-13(7-11)21-16(20-12)14-2-1-5-23-14/h1-7,9H,(H,19,22)(H,20,21). The molecule has 4 aromatic rings. The van der Waals surface area contributed by atoms with Crippen LogP contribution in [0.15, 0.2) is 52.5 Å². The summed E-state index contributed by atoms with van der Waals surface area (Å²) in [5.41, 5.74) is 2.71. The molecule has 0 aliphatic heterocycles. The van der Waals surface area contributed by atoms with Crippen LogP contribution in [0.4, 0.5) is 5.69 Å². The Hall–Kier alpha value is -3.37. The van der Waals surface area contributed by atoms with E-state index in [4.69, 9.17) is 9.68 Å².